The van der Waals surface area contributed by atoms with Crippen LogP contribution in [0.3, 0.4) is 0 Å². The number of carbonyl (C=O) groups excluding carboxylic acids is 3. The first-order chi connectivity index (χ1) is 11.8. The van der Waals surface area contributed by atoms with Gasteiger partial charge in [-0.15, -0.1) is 0 Å². The summed E-state index contributed by atoms with van der Waals surface area (Å²) < 4.78 is 1.72. The summed E-state index contributed by atoms with van der Waals surface area (Å²) in [5, 5.41) is 14.4. The van der Waals surface area contributed by atoms with E-state index in [-0.39, 0.29) is 0 Å². The standard InChI is InChI=1S/C17H19N3O5/c1-10(16(24)19-12(9-21)8-15(22)23)18-17(25)14-7-11-5-3-4-6-13(11)20(14)2/h3-7,9-10,12H,8H2,1-2H3,(H,18,25)(H,19,24)(H,22,23)/t10-,12-/m0/s1. The summed E-state index contributed by atoms with van der Waals surface area (Å²) in [6.07, 6.45) is -0.163. The molecule has 2 rings (SSSR count). The van der Waals surface area contributed by atoms with E-state index in [1.807, 2.05) is 24.3 Å². The molecule has 1 aromatic heterocycles. The fourth-order valence-electron chi connectivity index (χ4n) is 2.47. The highest BCUT2D eigenvalue weighted by atomic mass is 16.4. The second-order valence-corrected chi connectivity index (χ2v) is 5.69. The molecule has 0 aliphatic carbocycles. The maximum Gasteiger partial charge on any atom is 0.305 e. The number of aryl methyl sites for hydroxylation is 1. The number of carboxylic acids is 1. The predicted molar refractivity (Wildman–Crippen MR) is 90.1 cm³/mol. The number of aliphatic carboxylic acids is 1. The van der Waals surface area contributed by atoms with Gasteiger partial charge in [-0.3, -0.25) is 14.4 Å². The number of benzene rings is 1. The van der Waals surface area contributed by atoms with Crippen LogP contribution in [-0.2, 0) is 21.4 Å². The number of nitrogens with one attached hydrogen (secondary N) is 2. The van der Waals surface area contributed by atoms with Crippen molar-refractivity contribution >= 4 is 35.0 Å². The third kappa shape index (κ3) is 4.23. The van der Waals surface area contributed by atoms with Crippen molar-refractivity contribution in [3.8, 4) is 0 Å². The topological polar surface area (TPSA) is 118 Å². The summed E-state index contributed by atoms with van der Waals surface area (Å²) in [7, 11) is 1.75. The first kappa shape index (κ1) is 18.2. The molecular formula is C17H19N3O5. The Bertz CT molecular complexity index is 827. The molecule has 0 aliphatic heterocycles. The molecule has 0 radical (unpaired) electrons. The van der Waals surface area contributed by atoms with Crippen molar-refractivity contribution in [2.75, 3.05) is 0 Å². The second kappa shape index (κ2) is 7.61. The Morgan fingerprint density at radius 2 is 1.92 bits per heavy atom. The Kier molecular flexibility index (Phi) is 5.53. The molecule has 3 N–H and O–H groups in total. The van der Waals surface area contributed by atoms with Crippen LogP contribution in [0.15, 0.2) is 30.3 Å². The molecule has 0 saturated heterocycles. The molecule has 2 amide bonds. The number of fused-ring (bicyclic) bond motifs is 1. The van der Waals surface area contributed by atoms with E-state index in [9.17, 15) is 19.2 Å². The van der Waals surface area contributed by atoms with Crippen LogP contribution in [0.2, 0.25) is 0 Å². The van der Waals surface area contributed by atoms with E-state index in [0.717, 1.165) is 10.9 Å². The van der Waals surface area contributed by atoms with E-state index >= 15 is 0 Å². The fourth-order valence-corrected chi connectivity index (χ4v) is 2.47. The summed E-state index contributed by atoms with van der Waals surface area (Å²) in [6, 6.07) is 7.13. The van der Waals surface area contributed by atoms with Gasteiger partial charge in [-0.25, -0.2) is 0 Å². The number of carboxylic acid groups (broad SMARTS) is 1. The molecule has 25 heavy (non-hydrogen) atoms. The SMILES string of the molecule is C[C@H](NC(=O)c1cc2ccccc2n1C)C(=O)N[C@H](C=O)CC(=O)O. The molecule has 8 heteroatoms. The normalized spacial score (nSPS) is 13.0. The summed E-state index contributed by atoms with van der Waals surface area (Å²) in [5.41, 5.74) is 1.27. The van der Waals surface area contributed by atoms with Gasteiger partial charge in [0.15, 0.2) is 0 Å². The van der Waals surface area contributed by atoms with Crippen molar-refractivity contribution < 1.29 is 24.3 Å². The van der Waals surface area contributed by atoms with E-state index in [2.05, 4.69) is 10.6 Å². The van der Waals surface area contributed by atoms with E-state index in [1.54, 1.807) is 17.7 Å². The van der Waals surface area contributed by atoms with E-state index in [4.69, 9.17) is 5.11 Å². The molecule has 2 atom stereocenters. The van der Waals surface area contributed by atoms with Crippen LogP contribution in [0.4, 0.5) is 0 Å². The van der Waals surface area contributed by atoms with Gasteiger partial charge in [0.05, 0.1) is 12.5 Å². The van der Waals surface area contributed by atoms with E-state index in [1.165, 1.54) is 6.92 Å². The number of amides is 2. The number of aromatic nitrogens is 1. The lowest BCUT2D eigenvalue weighted by atomic mass is 10.2. The number of rotatable bonds is 7. The maximum absolute atomic E-state index is 12.4. The van der Waals surface area contributed by atoms with Gasteiger partial charge in [0.2, 0.25) is 5.91 Å². The molecular weight excluding hydrogens is 326 g/mol. The summed E-state index contributed by atoms with van der Waals surface area (Å²) >= 11 is 0. The smallest absolute Gasteiger partial charge is 0.305 e. The molecule has 1 aromatic carbocycles. The van der Waals surface area contributed by atoms with Crippen molar-refractivity contribution in [2.24, 2.45) is 7.05 Å². The van der Waals surface area contributed by atoms with Crippen LogP contribution in [0.5, 0.6) is 0 Å². The summed E-state index contributed by atoms with van der Waals surface area (Å²) in [5.74, 6) is -2.28. The molecule has 0 unspecified atom stereocenters. The minimum atomic E-state index is -1.20. The summed E-state index contributed by atoms with van der Waals surface area (Å²) in [6.45, 7) is 1.46. The van der Waals surface area contributed by atoms with Crippen LogP contribution < -0.4 is 10.6 Å². The number of hydrogen-bond donors (Lipinski definition) is 3. The molecule has 1 heterocycles. The molecule has 0 spiro atoms. The second-order valence-electron chi connectivity index (χ2n) is 5.69. The van der Waals surface area contributed by atoms with Crippen LogP contribution in [0, 0.1) is 0 Å². The molecule has 2 aromatic rings. The zero-order valence-corrected chi connectivity index (χ0v) is 13.9. The van der Waals surface area contributed by atoms with Crippen LogP contribution >= 0.6 is 0 Å². The molecule has 132 valence electrons. The van der Waals surface area contributed by atoms with Gasteiger partial charge in [0.25, 0.3) is 5.91 Å². The number of carbonyl (C=O) groups is 4. The monoisotopic (exact) mass is 345 g/mol. The van der Waals surface area contributed by atoms with Gasteiger partial charge in [0, 0.05) is 18.0 Å². The largest absolute Gasteiger partial charge is 0.481 e. The molecule has 0 aliphatic rings. The molecule has 0 fully saturated rings. The molecule has 8 nitrogen and oxygen atoms in total. The number of para-hydroxylation sites is 1. The van der Waals surface area contributed by atoms with E-state index < -0.39 is 36.3 Å². The van der Waals surface area contributed by atoms with Gasteiger partial charge in [-0.1, -0.05) is 18.2 Å². The third-order valence-electron chi connectivity index (χ3n) is 3.81. The molecule has 0 saturated carbocycles. The van der Waals surface area contributed by atoms with Crippen LogP contribution in [0.1, 0.15) is 23.8 Å². The lowest BCUT2D eigenvalue weighted by Crippen LogP contribution is -2.49. The van der Waals surface area contributed by atoms with Crippen molar-refractivity contribution in [2.45, 2.75) is 25.4 Å². The highest BCUT2D eigenvalue weighted by Gasteiger charge is 2.22. The average Bonchev–Trinajstić information content (AvgIpc) is 2.91. The van der Waals surface area contributed by atoms with Crippen LogP contribution in [0.25, 0.3) is 10.9 Å². The highest BCUT2D eigenvalue weighted by molar-refractivity contribution is 6.00. The quantitative estimate of drug-likeness (QED) is 0.630. The first-order valence-electron chi connectivity index (χ1n) is 7.66. The van der Waals surface area contributed by atoms with Crippen molar-refractivity contribution in [3.05, 3.63) is 36.0 Å². The lowest BCUT2D eigenvalue weighted by molar-refractivity contribution is -0.138. The van der Waals surface area contributed by atoms with E-state index in [0.29, 0.717) is 12.0 Å². The van der Waals surface area contributed by atoms with Crippen molar-refractivity contribution in [1.29, 1.82) is 0 Å². The zero-order chi connectivity index (χ0) is 18.6. The minimum Gasteiger partial charge on any atom is -0.481 e. The first-order valence-corrected chi connectivity index (χ1v) is 7.66. The molecule has 0 bridgehead atoms. The van der Waals surface area contributed by atoms with Crippen molar-refractivity contribution in [3.63, 3.8) is 0 Å². The van der Waals surface area contributed by atoms with Gasteiger partial charge in [0.1, 0.15) is 18.0 Å². The Balaban J connectivity index is 2.05. The Morgan fingerprint density at radius 1 is 1.24 bits per heavy atom. The van der Waals surface area contributed by atoms with Gasteiger partial charge < -0.3 is 25.1 Å². The Morgan fingerprint density at radius 3 is 2.52 bits per heavy atom. The van der Waals surface area contributed by atoms with Gasteiger partial charge in [-0.05, 0) is 19.1 Å². The average molecular weight is 345 g/mol. The van der Waals surface area contributed by atoms with Crippen LogP contribution in [-0.4, -0.2) is 45.8 Å². The van der Waals surface area contributed by atoms with Gasteiger partial charge >= 0.3 is 5.97 Å². The fraction of sp³-hybridized carbons (Fsp3) is 0.294. The maximum atomic E-state index is 12.4. The minimum absolute atomic E-state index is 0.352. The van der Waals surface area contributed by atoms with Gasteiger partial charge in [-0.2, -0.15) is 0 Å². The number of nitrogens with zero attached hydrogens (tertiary/aromatic N) is 1. The zero-order valence-electron chi connectivity index (χ0n) is 13.9. The predicted octanol–water partition coefficient (Wildman–Crippen LogP) is 0.455. The third-order valence-corrected chi connectivity index (χ3v) is 3.81. The lowest BCUT2D eigenvalue weighted by Gasteiger charge is -2.17. The summed E-state index contributed by atoms with van der Waals surface area (Å²) in [4.78, 5) is 45.9. The Hall–Kier alpha value is -3.16. The number of aldehydes is 1. The number of hydrogen-bond acceptors (Lipinski definition) is 4. The highest BCUT2D eigenvalue weighted by Crippen LogP contribution is 2.18. The Labute approximate surface area is 143 Å². The van der Waals surface area contributed by atoms with Crippen molar-refractivity contribution in [1.82, 2.24) is 15.2 Å².